The Kier molecular flexibility index (Phi) is 4.97. The third-order valence-corrected chi connectivity index (χ3v) is 3.40. The maximum Gasteiger partial charge on any atom is 0.0681 e. The molecule has 0 heterocycles. The summed E-state index contributed by atoms with van der Waals surface area (Å²) in [5.74, 6) is 0. The highest BCUT2D eigenvalue weighted by molar-refractivity contribution is 6.30. The molecule has 0 radical (unpaired) electrons. The number of hydrogen-bond acceptors (Lipinski definition) is 2. The van der Waals surface area contributed by atoms with Crippen LogP contribution in [0.3, 0.4) is 0 Å². The van der Waals surface area contributed by atoms with Gasteiger partial charge in [-0.25, -0.2) is 0 Å². The van der Waals surface area contributed by atoms with Crippen LogP contribution in [0.15, 0.2) is 48.5 Å². The van der Waals surface area contributed by atoms with Crippen molar-refractivity contribution in [1.82, 2.24) is 5.32 Å². The SMILES string of the molecule is C[C@H](NCc1ccc(CO)cc1)c1cccc(Cl)c1. The Hall–Kier alpha value is -1.35. The Bertz CT molecular complexity index is 525. The predicted octanol–water partition coefficient (Wildman–Crippen LogP) is 3.68. The second kappa shape index (κ2) is 6.71. The quantitative estimate of drug-likeness (QED) is 0.872. The van der Waals surface area contributed by atoms with E-state index in [1.807, 2.05) is 42.5 Å². The lowest BCUT2D eigenvalue weighted by atomic mass is 10.1. The molecule has 1 atom stereocenters. The molecular formula is C16H18ClNO. The molecule has 100 valence electrons. The lowest BCUT2D eigenvalue weighted by molar-refractivity contribution is 0.282. The molecule has 0 amide bonds. The van der Waals surface area contributed by atoms with E-state index in [0.29, 0.717) is 0 Å². The van der Waals surface area contributed by atoms with Gasteiger partial charge >= 0.3 is 0 Å². The summed E-state index contributed by atoms with van der Waals surface area (Å²) in [7, 11) is 0. The van der Waals surface area contributed by atoms with Gasteiger partial charge in [-0.2, -0.15) is 0 Å². The van der Waals surface area contributed by atoms with Crippen LogP contribution in [0.1, 0.15) is 29.7 Å². The average Bonchev–Trinajstić information content (AvgIpc) is 2.45. The summed E-state index contributed by atoms with van der Waals surface area (Å²) in [6.07, 6.45) is 0. The third-order valence-electron chi connectivity index (χ3n) is 3.17. The average molecular weight is 276 g/mol. The van der Waals surface area contributed by atoms with E-state index in [-0.39, 0.29) is 12.6 Å². The summed E-state index contributed by atoms with van der Waals surface area (Å²) in [6, 6.07) is 16.1. The molecule has 0 saturated carbocycles. The van der Waals surface area contributed by atoms with Crippen molar-refractivity contribution in [2.24, 2.45) is 0 Å². The predicted molar refractivity (Wildman–Crippen MR) is 79.1 cm³/mol. The fourth-order valence-corrected chi connectivity index (χ4v) is 2.13. The molecule has 2 nitrogen and oxygen atoms in total. The summed E-state index contributed by atoms with van der Waals surface area (Å²) >= 11 is 5.99. The van der Waals surface area contributed by atoms with Gasteiger partial charge in [0.25, 0.3) is 0 Å². The second-order valence-electron chi connectivity index (χ2n) is 4.63. The Morgan fingerprint density at radius 3 is 2.42 bits per heavy atom. The zero-order valence-corrected chi connectivity index (χ0v) is 11.7. The summed E-state index contributed by atoms with van der Waals surface area (Å²) in [6.45, 7) is 3.00. The van der Waals surface area contributed by atoms with Gasteiger partial charge in [0.1, 0.15) is 0 Å². The number of halogens is 1. The molecule has 2 rings (SSSR count). The van der Waals surface area contributed by atoms with Gasteiger partial charge in [-0.3, -0.25) is 0 Å². The second-order valence-corrected chi connectivity index (χ2v) is 5.07. The molecule has 0 aliphatic heterocycles. The maximum atomic E-state index is 8.99. The van der Waals surface area contributed by atoms with Crippen LogP contribution in [-0.4, -0.2) is 5.11 Å². The molecule has 0 aliphatic carbocycles. The zero-order valence-electron chi connectivity index (χ0n) is 10.9. The van der Waals surface area contributed by atoms with Crippen molar-refractivity contribution in [3.8, 4) is 0 Å². The monoisotopic (exact) mass is 275 g/mol. The van der Waals surface area contributed by atoms with Gasteiger partial charge in [-0.1, -0.05) is 48.0 Å². The first-order chi connectivity index (χ1) is 9.19. The van der Waals surface area contributed by atoms with Gasteiger partial charge in [0.15, 0.2) is 0 Å². The molecule has 0 saturated heterocycles. The van der Waals surface area contributed by atoms with E-state index in [4.69, 9.17) is 16.7 Å². The number of nitrogens with one attached hydrogen (secondary N) is 1. The van der Waals surface area contributed by atoms with E-state index in [0.717, 1.165) is 17.1 Å². The van der Waals surface area contributed by atoms with Gasteiger partial charge < -0.3 is 10.4 Å². The summed E-state index contributed by atoms with van der Waals surface area (Å²) in [4.78, 5) is 0. The molecule has 19 heavy (non-hydrogen) atoms. The van der Waals surface area contributed by atoms with Crippen LogP contribution < -0.4 is 5.32 Å². The van der Waals surface area contributed by atoms with Gasteiger partial charge in [0.2, 0.25) is 0 Å². The van der Waals surface area contributed by atoms with Gasteiger partial charge in [0, 0.05) is 17.6 Å². The van der Waals surface area contributed by atoms with Crippen molar-refractivity contribution < 1.29 is 5.11 Å². The number of aliphatic hydroxyl groups is 1. The molecule has 0 aliphatic rings. The zero-order chi connectivity index (χ0) is 13.7. The fraction of sp³-hybridized carbons (Fsp3) is 0.250. The van der Waals surface area contributed by atoms with Crippen molar-refractivity contribution in [3.05, 3.63) is 70.2 Å². The lowest BCUT2D eigenvalue weighted by Gasteiger charge is -2.14. The standard InChI is InChI=1S/C16H18ClNO/c1-12(15-3-2-4-16(17)9-15)18-10-13-5-7-14(11-19)8-6-13/h2-9,12,18-19H,10-11H2,1H3/t12-/m0/s1. The van der Waals surface area contributed by atoms with Gasteiger partial charge in [-0.05, 0) is 35.7 Å². The summed E-state index contributed by atoms with van der Waals surface area (Å²) in [5, 5.41) is 13.2. The Balaban J connectivity index is 1.94. The minimum absolute atomic E-state index is 0.0899. The van der Waals surface area contributed by atoms with Crippen LogP contribution >= 0.6 is 11.6 Å². The minimum Gasteiger partial charge on any atom is -0.392 e. The van der Waals surface area contributed by atoms with E-state index in [9.17, 15) is 0 Å². The highest BCUT2D eigenvalue weighted by Gasteiger charge is 2.05. The largest absolute Gasteiger partial charge is 0.392 e. The first-order valence-electron chi connectivity index (χ1n) is 6.36. The maximum absolute atomic E-state index is 8.99. The number of aliphatic hydroxyl groups excluding tert-OH is 1. The van der Waals surface area contributed by atoms with Crippen molar-refractivity contribution in [2.75, 3.05) is 0 Å². The molecule has 0 bridgehead atoms. The van der Waals surface area contributed by atoms with Crippen LogP contribution in [0, 0.1) is 0 Å². The molecule has 0 aromatic heterocycles. The number of benzene rings is 2. The normalized spacial score (nSPS) is 12.4. The Labute approximate surface area is 119 Å². The van der Waals surface area contributed by atoms with E-state index < -0.39 is 0 Å². The van der Waals surface area contributed by atoms with Crippen LogP contribution in [0.25, 0.3) is 0 Å². The smallest absolute Gasteiger partial charge is 0.0681 e. The van der Waals surface area contributed by atoms with Crippen molar-refractivity contribution in [1.29, 1.82) is 0 Å². The van der Waals surface area contributed by atoms with Gasteiger partial charge in [0.05, 0.1) is 6.61 Å². The molecule has 3 heteroatoms. The molecule has 2 aromatic rings. The third kappa shape index (κ3) is 4.06. The van der Waals surface area contributed by atoms with Gasteiger partial charge in [-0.15, -0.1) is 0 Å². The van der Waals surface area contributed by atoms with E-state index >= 15 is 0 Å². The Morgan fingerprint density at radius 2 is 1.79 bits per heavy atom. The minimum atomic E-state index is 0.0899. The van der Waals surface area contributed by atoms with Crippen LogP contribution in [-0.2, 0) is 13.2 Å². The molecular weight excluding hydrogens is 258 g/mol. The van der Waals surface area contributed by atoms with Crippen molar-refractivity contribution in [3.63, 3.8) is 0 Å². The fourth-order valence-electron chi connectivity index (χ4n) is 1.93. The van der Waals surface area contributed by atoms with Crippen molar-refractivity contribution in [2.45, 2.75) is 26.1 Å². The first-order valence-corrected chi connectivity index (χ1v) is 6.74. The molecule has 2 N–H and O–H groups in total. The molecule has 2 aromatic carbocycles. The number of hydrogen-bond donors (Lipinski definition) is 2. The van der Waals surface area contributed by atoms with Crippen LogP contribution in [0.2, 0.25) is 5.02 Å². The topological polar surface area (TPSA) is 32.3 Å². The summed E-state index contributed by atoms with van der Waals surface area (Å²) < 4.78 is 0. The van der Waals surface area contributed by atoms with E-state index in [1.54, 1.807) is 0 Å². The van der Waals surface area contributed by atoms with E-state index in [2.05, 4.69) is 18.3 Å². The van der Waals surface area contributed by atoms with E-state index in [1.165, 1.54) is 11.1 Å². The highest BCUT2D eigenvalue weighted by atomic mass is 35.5. The molecule has 0 unspecified atom stereocenters. The first kappa shape index (κ1) is 14.1. The Morgan fingerprint density at radius 1 is 1.11 bits per heavy atom. The number of rotatable bonds is 5. The lowest BCUT2D eigenvalue weighted by Crippen LogP contribution is -2.18. The van der Waals surface area contributed by atoms with Crippen LogP contribution in [0.5, 0.6) is 0 Å². The molecule has 0 spiro atoms. The van der Waals surface area contributed by atoms with Crippen LogP contribution in [0.4, 0.5) is 0 Å². The summed E-state index contributed by atoms with van der Waals surface area (Å²) in [5.41, 5.74) is 3.32. The van der Waals surface area contributed by atoms with Crippen molar-refractivity contribution >= 4 is 11.6 Å². The highest BCUT2D eigenvalue weighted by Crippen LogP contribution is 2.17. The molecule has 0 fully saturated rings.